The maximum absolute atomic E-state index is 12.9. The van der Waals surface area contributed by atoms with E-state index in [-0.39, 0.29) is 11.8 Å². The van der Waals surface area contributed by atoms with Crippen LogP contribution < -0.4 is 9.64 Å². The molecule has 6 nitrogen and oxygen atoms in total. The lowest BCUT2D eigenvalue weighted by Gasteiger charge is -2.28. The molecular formula is C24H30N4O2S. The van der Waals surface area contributed by atoms with E-state index in [9.17, 15) is 4.79 Å². The predicted molar refractivity (Wildman–Crippen MR) is 126 cm³/mol. The molecule has 0 N–H and O–H groups in total. The molecule has 1 aliphatic carbocycles. The predicted octanol–water partition coefficient (Wildman–Crippen LogP) is 4.79. The Morgan fingerprint density at radius 2 is 2.00 bits per heavy atom. The standard InChI is InChI=1S/C24H30N4O2S/c1-15(2)24(29)28(20-7-8-20)12-18-10-17-6-9-21(30-5)11-22(17)26-23(18)27(4)13-19-14-31-16(3)25-19/h6,9-11,14-15,20H,7-8,12-13H2,1-5H3. The first-order valence-electron chi connectivity index (χ1n) is 10.8. The van der Waals surface area contributed by atoms with Crippen molar-refractivity contribution in [3.63, 3.8) is 0 Å². The van der Waals surface area contributed by atoms with Crippen molar-refractivity contribution in [1.29, 1.82) is 0 Å². The topological polar surface area (TPSA) is 58.6 Å². The van der Waals surface area contributed by atoms with Gasteiger partial charge in [-0.05, 0) is 38.0 Å². The first kappa shape index (κ1) is 21.6. The van der Waals surface area contributed by atoms with Gasteiger partial charge in [0.1, 0.15) is 11.6 Å². The molecule has 0 atom stereocenters. The van der Waals surface area contributed by atoms with Gasteiger partial charge < -0.3 is 14.5 Å². The Labute approximate surface area is 187 Å². The van der Waals surface area contributed by atoms with E-state index < -0.39 is 0 Å². The molecule has 1 aliphatic rings. The number of hydrogen-bond donors (Lipinski definition) is 0. The minimum Gasteiger partial charge on any atom is -0.497 e. The number of thiazole rings is 1. The van der Waals surface area contributed by atoms with Crippen LogP contribution in [0.4, 0.5) is 5.82 Å². The summed E-state index contributed by atoms with van der Waals surface area (Å²) in [6.07, 6.45) is 2.17. The van der Waals surface area contributed by atoms with E-state index in [2.05, 4.69) is 21.3 Å². The molecule has 1 aromatic carbocycles. The van der Waals surface area contributed by atoms with E-state index in [0.29, 0.717) is 19.1 Å². The summed E-state index contributed by atoms with van der Waals surface area (Å²) in [7, 11) is 3.70. The van der Waals surface area contributed by atoms with Crippen LogP contribution in [-0.4, -0.2) is 41.0 Å². The molecular weight excluding hydrogens is 408 g/mol. The summed E-state index contributed by atoms with van der Waals surface area (Å²) in [4.78, 5) is 26.7. The number of fused-ring (bicyclic) bond motifs is 1. The van der Waals surface area contributed by atoms with E-state index in [1.165, 1.54) is 0 Å². The number of carbonyl (C=O) groups is 1. The zero-order valence-corrected chi connectivity index (χ0v) is 19.7. The Balaban J connectivity index is 1.73. The van der Waals surface area contributed by atoms with Crippen molar-refractivity contribution in [3.8, 4) is 5.75 Å². The van der Waals surface area contributed by atoms with Crippen LogP contribution in [0.2, 0.25) is 0 Å². The number of rotatable bonds is 8. The summed E-state index contributed by atoms with van der Waals surface area (Å²) in [5, 5.41) is 4.20. The maximum Gasteiger partial charge on any atom is 0.225 e. The molecule has 1 amide bonds. The molecule has 0 unspecified atom stereocenters. The number of aryl methyl sites for hydroxylation is 1. The second kappa shape index (κ2) is 8.83. The van der Waals surface area contributed by atoms with Crippen LogP contribution in [0.5, 0.6) is 5.75 Å². The summed E-state index contributed by atoms with van der Waals surface area (Å²) < 4.78 is 5.40. The second-order valence-electron chi connectivity index (χ2n) is 8.60. The molecule has 1 fully saturated rings. The fourth-order valence-electron chi connectivity index (χ4n) is 3.84. The van der Waals surface area contributed by atoms with E-state index >= 15 is 0 Å². The van der Waals surface area contributed by atoms with Crippen molar-refractivity contribution in [2.24, 2.45) is 5.92 Å². The molecule has 2 heterocycles. The molecule has 4 rings (SSSR count). The minimum atomic E-state index is -0.0163. The maximum atomic E-state index is 12.9. The van der Waals surface area contributed by atoms with Crippen molar-refractivity contribution < 1.29 is 9.53 Å². The van der Waals surface area contributed by atoms with Crippen LogP contribution in [0.15, 0.2) is 29.6 Å². The van der Waals surface area contributed by atoms with Gasteiger partial charge in [-0.1, -0.05) is 13.8 Å². The van der Waals surface area contributed by atoms with Crippen LogP contribution in [0.25, 0.3) is 10.9 Å². The van der Waals surface area contributed by atoms with Gasteiger partial charge in [0.05, 0.1) is 29.9 Å². The lowest BCUT2D eigenvalue weighted by Crippen LogP contribution is -2.36. The number of benzene rings is 1. The molecule has 0 spiro atoms. The molecule has 2 aromatic heterocycles. The van der Waals surface area contributed by atoms with Gasteiger partial charge in [-0.25, -0.2) is 9.97 Å². The monoisotopic (exact) mass is 438 g/mol. The van der Waals surface area contributed by atoms with E-state index in [4.69, 9.17) is 9.72 Å². The van der Waals surface area contributed by atoms with Gasteiger partial charge >= 0.3 is 0 Å². The highest BCUT2D eigenvalue weighted by Gasteiger charge is 2.34. The Bertz CT molecular complexity index is 1090. The van der Waals surface area contributed by atoms with Crippen molar-refractivity contribution >= 4 is 34.0 Å². The third-order valence-electron chi connectivity index (χ3n) is 5.61. The Kier molecular flexibility index (Phi) is 6.14. The molecule has 7 heteroatoms. The molecule has 0 saturated heterocycles. The average molecular weight is 439 g/mol. The quantitative estimate of drug-likeness (QED) is 0.506. The van der Waals surface area contributed by atoms with Crippen LogP contribution in [0.3, 0.4) is 0 Å². The van der Waals surface area contributed by atoms with E-state index in [1.54, 1.807) is 18.4 Å². The van der Waals surface area contributed by atoms with Crippen LogP contribution >= 0.6 is 11.3 Å². The molecule has 3 aromatic rings. The third kappa shape index (κ3) is 4.82. The molecule has 0 radical (unpaired) electrons. The number of hydrogen-bond acceptors (Lipinski definition) is 6. The zero-order valence-electron chi connectivity index (χ0n) is 18.9. The minimum absolute atomic E-state index is 0.0163. The van der Waals surface area contributed by atoms with E-state index in [1.807, 2.05) is 50.9 Å². The largest absolute Gasteiger partial charge is 0.497 e. The Morgan fingerprint density at radius 1 is 1.23 bits per heavy atom. The average Bonchev–Trinajstić information content (AvgIpc) is 3.51. The smallest absolute Gasteiger partial charge is 0.225 e. The van der Waals surface area contributed by atoms with Gasteiger partial charge in [0.15, 0.2) is 0 Å². The highest BCUT2D eigenvalue weighted by atomic mass is 32.1. The first-order valence-corrected chi connectivity index (χ1v) is 11.6. The summed E-state index contributed by atoms with van der Waals surface area (Å²) >= 11 is 1.66. The van der Waals surface area contributed by atoms with Crippen molar-refractivity contribution in [2.45, 2.75) is 52.7 Å². The van der Waals surface area contributed by atoms with Gasteiger partial charge in [-0.2, -0.15) is 0 Å². The van der Waals surface area contributed by atoms with Gasteiger partial charge in [-0.3, -0.25) is 4.79 Å². The van der Waals surface area contributed by atoms with Crippen LogP contribution in [0, 0.1) is 12.8 Å². The fourth-order valence-corrected chi connectivity index (χ4v) is 4.45. The number of nitrogens with zero attached hydrogens (tertiary/aromatic N) is 4. The van der Waals surface area contributed by atoms with Crippen molar-refractivity contribution in [1.82, 2.24) is 14.9 Å². The van der Waals surface area contributed by atoms with Gasteiger partial charge in [0.2, 0.25) is 5.91 Å². The third-order valence-corrected chi connectivity index (χ3v) is 6.44. The van der Waals surface area contributed by atoms with Gasteiger partial charge in [0.25, 0.3) is 0 Å². The number of ether oxygens (including phenoxy) is 1. The van der Waals surface area contributed by atoms with Crippen LogP contribution in [0.1, 0.15) is 43.0 Å². The van der Waals surface area contributed by atoms with Crippen LogP contribution in [-0.2, 0) is 17.9 Å². The zero-order chi connectivity index (χ0) is 22.1. The normalized spacial score (nSPS) is 13.6. The number of anilines is 1. The Morgan fingerprint density at radius 3 is 2.61 bits per heavy atom. The van der Waals surface area contributed by atoms with Gasteiger partial charge in [0, 0.05) is 47.9 Å². The number of aromatic nitrogens is 2. The lowest BCUT2D eigenvalue weighted by atomic mass is 10.1. The molecule has 1 saturated carbocycles. The lowest BCUT2D eigenvalue weighted by molar-refractivity contribution is -0.135. The van der Waals surface area contributed by atoms with E-state index in [0.717, 1.165) is 51.6 Å². The van der Waals surface area contributed by atoms with Crippen molar-refractivity contribution in [3.05, 3.63) is 45.9 Å². The highest BCUT2D eigenvalue weighted by Crippen LogP contribution is 2.33. The molecule has 0 aliphatic heterocycles. The number of amides is 1. The van der Waals surface area contributed by atoms with Crippen molar-refractivity contribution in [2.75, 3.05) is 19.1 Å². The Hall–Kier alpha value is -2.67. The summed E-state index contributed by atoms with van der Waals surface area (Å²) in [5.41, 5.74) is 2.97. The molecule has 164 valence electrons. The number of carbonyl (C=O) groups excluding carboxylic acids is 1. The second-order valence-corrected chi connectivity index (χ2v) is 9.66. The number of methoxy groups -OCH3 is 1. The number of pyridine rings is 1. The molecule has 0 bridgehead atoms. The fraction of sp³-hybridized carbons (Fsp3) is 0.458. The highest BCUT2D eigenvalue weighted by molar-refractivity contribution is 7.09. The van der Waals surface area contributed by atoms with Gasteiger partial charge in [-0.15, -0.1) is 11.3 Å². The first-order chi connectivity index (χ1) is 14.9. The summed E-state index contributed by atoms with van der Waals surface area (Å²) in [6.45, 7) is 7.21. The summed E-state index contributed by atoms with van der Waals surface area (Å²) in [5.74, 6) is 1.86. The molecule has 31 heavy (non-hydrogen) atoms. The summed E-state index contributed by atoms with van der Waals surface area (Å²) in [6, 6.07) is 8.46. The SMILES string of the molecule is COc1ccc2cc(CN(C(=O)C(C)C)C3CC3)c(N(C)Cc3csc(C)n3)nc2c1.